The molecule has 0 radical (unpaired) electrons. The highest BCUT2D eigenvalue weighted by Crippen LogP contribution is 2.50. The molecule has 0 spiro atoms. The van der Waals surface area contributed by atoms with Gasteiger partial charge in [0.2, 0.25) is 0 Å². The van der Waals surface area contributed by atoms with Gasteiger partial charge in [-0.1, -0.05) is 92.4 Å². The summed E-state index contributed by atoms with van der Waals surface area (Å²) in [5.74, 6) is 0.325. The third-order valence-corrected chi connectivity index (χ3v) is 10.7. The van der Waals surface area contributed by atoms with Gasteiger partial charge in [0.15, 0.2) is 8.24 Å². The van der Waals surface area contributed by atoms with Crippen LogP contribution in [-0.2, 0) is 0 Å². The molecule has 4 heteroatoms. The predicted molar refractivity (Wildman–Crippen MR) is 113 cm³/mol. The first kappa shape index (κ1) is 17.7. The molecule has 0 atom stereocenters. The largest absolute Gasteiger partial charge is 0.507 e. The van der Waals surface area contributed by atoms with Crippen molar-refractivity contribution in [3.05, 3.63) is 84.9 Å². The average Bonchev–Trinajstić information content (AvgIpc) is 2.61. The maximum Gasteiger partial charge on any atom is 0.171 e. The Morgan fingerprint density at radius 1 is 0.680 bits per heavy atom. The Hall–Kier alpha value is -2.09. The van der Waals surface area contributed by atoms with Crippen LogP contribution < -0.4 is 15.9 Å². The normalized spacial score (nSPS) is 12.0. The zero-order valence-corrected chi connectivity index (χ0v) is 16.8. The van der Waals surface area contributed by atoms with Gasteiger partial charge < -0.3 is 9.52 Å². The minimum absolute atomic E-state index is 0.325. The maximum atomic E-state index is 10.7. The second kappa shape index (κ2) is 7.03. The molecule has 0 aliphatic carbocycles. The van der Waals surface area contributed by atoms with Gasteiger partial charge in [0.1, 0.15) is 5.75 Å². The van der Waals surface area contributed by atoms with Crippen LogP contribution in [0, 0.1) is 0 Å². The molecule has 3 rings (SSSR count). The molecule has 0 unspecified atom stereocenters. The summed E-state index contributed by atoms with van der Waals surface area (Å²) in [6, 6.07) is 28.6. The van der Waals surface area contributed by atoms with Gasteiger partial charge in [-0.3, -0.25) is 0 Å². The van der Waals surface area contributed by atoms with E-state index in [2.05, 4.69) is 68.2 Å². The van der Waals surface area contributed by atoms with Gasteiger partial charge in [0.25, 0.3) is 0 Å². The SMILES string of the molecule is C[Si](C)(C)N=P(c1ccccc1)(c1ccccc1)c1ccccc1O. The smallest absolute Gasteiger partial charge is 0.171 e. The number of benzene rings is 3. The van der Waals surface area contributed by atoms with E-state index in [1.165, 1.54) is 10.6 Å². The summed E-state index contributed by atoms with van der Waals surface area (Å²) in [5, 5.41) is 14.1. The summed E-state index contributed by atoms with van der Waals surface area (Å²) in [6.45, 7) is 6.77. The van der Waals surface area contributed by atoms with Crippen LogP contribution in [0.5, 0.6) is 5.75 Å². The van der Waals surface area contributed by atoms with Crippen molar-refractivity contribution in [1.29, 1.82) is 0 Å². The van der Waals surface area contributed by atoms with Gasteiger partial charge in [0.05, 0.1) is 0 Å². The molecule has 0 fully saturated rings. The summed E-state index contributed by atoms with van der Waals surface area (Å²) in [6.07, 6.45) is 0. The minimum atomic E-state index is -2.28. The Morgan fingerprint density at radius 2 is 1.12 bits per heavy atom. The van der Waals surface area contributed by atoms with Gasteiger partial charge in [0, 0.05) is 12.4 Å². The van der Waals surface area contributed by atoms with Crippen molar-refractivity contribution in [2.45, 2.75) is 19.6 Å². The third-order valence-electron chi connectivity index (χ3n) is 3.94. The molecule has 0 amide bonds. The number of hydrogen-bond donors (Lipinski definition) is 1. The molecule has 0 aliphatic heterocycles. The molecule has 0 aromatic heterocycles. The molecule has 25 heavy (non-hydrogen) atoms. The van der Waals surface area contributed by atoms with Crippen LogP contribution in [0.2, 0.25) is 19.6 Å². The highest BCUT2D eigenvalue weighted by atomic mass is 31.2. The lowest BCUT2D eigenvalue weighted by Crippen LogP contribution is -2.29. The third kappa shape index (κ3) is 3.63. The first-order valence-corrected chi connectivity index (χ1v) is 13.7. The molecular weight excluding hydrogens is 341 g/mol. The van der Waals surface area contributed by atoms with Crippen molar-refractivity contribution in [2.75, 3.05) is 0 Å². The number of phenolic OH excluding ortho intramolecular Hbond substituents is 1. The van der Waals surface area contributed by atoms with E-state index in [4.69, 9.17) is 4.41 Å². The Balaban J connectivity index is 2.50. The molecule has 0 saturated heterocycles. The lowest BCUT2D eigenvalue weighted by Gasteiger charge is -2.31. The predicted octanol–water partition coefficient (Wildman–Crippen LogP) is 4.70. The van der Waals surface area contributed by atoms with Crippen LogP contribution in [0.15, 0.2) is 89.3 Å². The number of aromatic hydroxyl groups is 1. The lowest BCUT2D eigenvalue weighted by atomic mass is 10.3. The van der Waals surface area contributed by atoms with Crippen molar-refractivity contribution in [1.82, 2.24) is 0 Å². The summed E-state index contributed by atoms with van der Waals surface area (Å²) in [5.41, 5.74) is 0. The van der Waals surface area contributed by atoms with Gasteiger partial charge in [-0.15, -0.1) is 0 Å². The van der Waals surface area contributed by atoms with E-state index >= 15 is 0 Å². The monoisotopic (exact) mass is 365 g/mol. The van der Waals surface area contributed by atoms with E-state index in [9.17, 15) is 5.11 Å². The van der Waals surface area contributed by atoms with E-state index in [1.54, 1.807) is 6.07 Å². The quantitative estimate of drug-likeness (QED) is 0.527. The topological polar surface area (TPSA) is 32.6 Å². The minimum Gasteiger partial charge on any atom is -0.507 e. The van der Waals surface area contributed by atoms with E-state index in [0.29, 0.717) is 5.75 Å². The number of rotatable bonds is 4. The first-order chi connectivity index (χ1) is 11.9. The number of phenols is 1. The molecule has 0 heterocycles. The molecule has 0 aliphatic rings. The first-order valence-electron chi connectivity index (χ1n) is 8.47. The summed E-state index contributed by atoms with van der Waals surface area (Å²) in [4.78, 5) is 0. The second-order valence-corrected chi connectivity index (χ2v) is 15.0. The zero-order valence-electron chi connectivity index (χ0n) is 14.9. The average molecular weight is 365 g/mol. The molecular formula is C21H24NOPSi. The zero-order chi connectivity index (χ0) is 17.9. The van der Waals surface area contributed by atoms with Crippen molar-refractivity contribution >= 4 is 31.2 Å². The van der Waals surface area contributed by atoms with E-state index < -0.39 is 15.3 Å². The Morgan fingerprint density at radius 3 is 1.56 bits per heavy atom. The van der Waals surface area contributed by atoms with Crippen LogP contribution in [0.1, 0.15) is 0 Å². The molecule has 1 N–H and O–H groups in total. The van der Waals surface area contributed by atoms with Crippen molar-refractivity contribution < 1.29 is 5.11 Å². The Kier molecular flexibility index (Phi) is 4.98. The highest BCUT2D eigenvalue weighted by molar-refractivity contribution is 7.88. The van der Waals surface area contributed by atoms with Crippen LogP contribution >= 0.6 is 7.05 Å². The molecule has 0 bridgehead atoms. The summed E-state index contributed by atoms with van der Waals surface area (Å²) in [7, 11) is -4.08. The van der Waals surface area contributed by atoms with Crippen molar-refractivity contribution in [3.63, 3.8) is 0 Å². The molecule has 128 valence electrons. The fraction of sp³-hybridized carbons (Fsp3) is 0.143. The summed E-state index contributed by atoms with van der Waals surface area (Å²) < 4.78 is 5.50. The Bertz CT molecular complexity index is 858. The molecule has 0 saturated carbocycles. The van der Waals surface area contributed by atoms with Crippen molar-refractivity contribution in [2.24, 2.45) is 4.41 Å². The lowest BCUT2D eigenvalue weighted by molar-refractivity contribution is 0.480. The highest BCUT2D eigenvalue weighted by Gasteiger charge is 2.31. The van der Waals surface area contributed by atoms with Gasteiger partial charge in [-0.25, -0.2) is 0 Å². The fourth-order valence-corrected chi connectivity index (χ4v) is 10.8. The van der Waals surface area contributed by atoms with Gasteiger partial charge in [-0.05, 0) is 22.7 Å². The Labute approximate surface area is 151 Å². The maximum absolute atomic E-state index is 10.7. The van der Waals surface area contributed by atoms with E-state index in [0.717, 1.165) is 5.30 Å². The molecule has 2 nitrogen and oxygen atoms in total. The molecule has 3 aromatic rings. The van der Waals surface area contributed by atoms with Crippen molar-refractivity contribution in [3.8, 4) is 5.75 Å². The number of nitrogens with zero attached hydrogens (tertiary/aromatic N) is 1. The van der Waals surface area contributed by atoms with Gasteiger partial charge >= 0.3 is 0 Å². The molecule has 3 aromatic carbocycles. The summed E-state index contributed by atoms with van der Waals surface area (Å²) >= 11 is 0. The van der Waals surface area contributed by atoms with E-state index in [1.807, 2.05) is 30.3 Å². The standard InChI is InChI=1S/C21H24NOPSi/c1-25(2,3)22-24(18-12-6-4-7-13-18,19-14-8-5-9-15-19)21-17-11-10-16-20(21)23/h4-17,23H,1-3H3. The van der Waals surface area contributed by atoms with Gasteiger partial charge in [-0.2, -0.15) is 0 Å². The van der Waals surface area contributed by atoms with Crippen LogP contribution in [0.4, 0.5) is 0 Å². The number of para-hydroxylation sites is 1. The van der Waals surface area contributed by atoms with Crippen LogP contribution in [0.25, 0.3) is 0 Å². The fourth-order valence-electron chi connectivity index (χ4n) is 3.07. The second-order valence-electron chi connectivity index (χ2n) is 7.07. The van der Waals surface area contributed by atoms with Crippen LogP contribution in [0.3, 0.4) is 0 Å². The number of hydrogen-bond acceptors (Lipinski definition) is 2. The van der Waals surface area contributed by atoms with Crippen LogP contribution in [-0.4, -0.2) is 13.3 Å². The van der Waals surface area contributed by atoms with E-state index in [-0.39, 0.29) is 0 Å².